The van der Waals surface area contributed by atoms with Crippen molar-refractivity contribution < 1.29 is 13.7 Å². The van der Waals surface area contributed by atoms with Crippen molar-refractivity contribution in [3.63, 3.8) is 0 Å². The van der Waals surface area contributed by atoms with E-state index in [0.717, 1.165) is 0 Å². The van der Waals surface area contributed by atoms with Crippen LogP contribution in [0, 0.1) is 10.1 Å². The predicted octanol–water partition coefficient (Wildman–Crippen LogP) is 2.12. The van der Waals surface area contributed by atoms with Crippen molar-refractivity contribution in [3.05, 3.63) is 37.8 Å². The lowest BCUT2D eigenvalue weighted by atomic mass is 10.1. The summed E-state index contributed by atoms with van der Waals surface area (Å²) in [5.74, 6) is 0. The van der Waals surface area contributed by atoms with Gasteiger partial charge in [0.1, 0.15) is 11.1 Å². The summed E-state index contributed by atoms with van der Waals surface area (Å²) < 4.78 is 24.8. The number of halogens is 3. The monoisotopic (exact) mass is 282 g/mol. The number of H-pyrrole nitrogens is 1. The number of pyridine rings is 1. The van der Waals surface area contributed by atoms with Gasteiger partial charge in [-0.15, -0.1) is 0 Å². The average Bonchev–Trinajstić information content (AvgIpc) is 2.16. The van der Waals surface area contributed by atoms with E-state index in [-0.39, 0.29) is 10.9 Å². The Labute approximate surface area is 90.4 Å². The van der Waals surface area contributed by atoms with Gasteiger partial charge in [0, 0.05) is 11.5 Å². The zero-order chi connectivity index (χ0) is 11.6. The van der Waals surface area contributed by atoms with Crippen LogP contribution in [0.2, 0.25) is 0 Å². The smallest absolute Gasteiger partial charge is 0.289 e. The van der Waals surface area contributed by atoms with Crippen LogP contribution in [0.15, 0.2) is 11.0 Å². The minimum Gasteiger partial charge on any atom is -0.328 e. The standard InChI is InChI=1S/C7H5BrF2N2O3/c8-1-3-5(12(14)15)4(6(9)10)2-11-7(3)13/h2,6H,1H2,(H,11,13). The fourth-order valence-corrected chi connectivity index (χ4v) is 1.61. The number of hydrogen-bond acceptors (Lipinski definition) is 3. The highest BCUT2D eigenvalue weighted by Crippen LogP contribution is 2.30. The van der Waals surface area contributed by atoms with Crippen molar-refractivity contribution in [2.75, 3.05) is 0 Å². The van der Waals surface area contributed by atoms with Gasteiger partial charge in [0.05, 0.1) is 4.92 Å². The second-order valence-corrected chi connectivity index (χ2v) is 3.15. The quantitative estimate of drug-likeness (QED) is 0.524. The Balaban J connectivity index is 3.56. The number of nitro groups is 1. The minimum absolute atomic E-state index is 0.154. The Hall–Kier alpha value is -1.31. The summed E-state index contributed by atoms with van der Waals surface area (Å²) in [5, 5.41) is 10.4. The highest BCUT2D eigenvalue weighted by Gasteiger charge is 2.27. The Bertz CT molecular complexity index is 446. The molecule has 8 heteroatoms. The Kier molecular flexibility index (Phi) is 3.51. The first-order valence-electron chi connectivity index (χ1n) is 3.72. The van der Waals surface area contributed by atoms with Crippen LogP contribution < -0.4 is 5.56 Å². The van der Waals surface area contributed by atoms with Crippen molar-refractivity contribution in [1.82, 2.24) is 4.98 Å². The molecule has 0 aromatic carbocycles. The normalized spacial score (nSPS) is 10.7. The molecule has 0 aliphatic rings. The fraction of sp³-hybridized carbons (Fsp3) is 0.286. The molecule has 0 aliphatic carbocycles. The SMILES string of the molecule is O=c1[nH]cc(C(F)F)c([N+](=O)[O-])c1CBr. The molecule has 0 saturated heterocycles. The van der Waals surface area contributed by atoms with E-state index in [1.165, 1.54) is 0 Å². The van der Waals surface area contributed by atoms with Gasteiger partial charge in [-0.1, -0.05) is 15.9 Å². The van der Waals surface area contributed by atoms with E-state index in [9.17, 15) is 23.7 Å². The molecule has 0 saturated carbocycles. The fourth-order valence-electron chi connectivity index (χ4n) is 1.09. The predicted molar refractivity (Wildman–Crippen MR) is 51.3 cm³/mol. The maximum atomic E-state index is 12.4. The topological polar surface area (TPSA) is 76.0 Å². The van der Waals surface area contributed by atoms with Gasteiger partial charge in [0.15, 0.2) is 0 Å². The van der Waals surface area contributed by atoms with Crippen LogP contribution in [0.25, 0.3) is 0 Å². The van der Waals surface area contributed by atoms with Crippen LogP contribution in [0.4, 0.5) is 14.5 Å². The number of nitrogens with one attached hydrogen (secondary N) is 1. The average molecular weight is 283 g/mol. The molecule has 0 unspecified atom stereocenters. The second-order valence-electron chi connectivity index (χ2n) is 2.59. The van der Waals surface area contributed by atoms with Crippen LogP contribution >= 0.6 is 15.9 Å². The van der Waals surface area contributed by atoms with Crippen molar-refractivity contribution in [1.29, 1.82) is 0 Å². The van der Waals surface area contributed by atoms with Crippen molar-refractivity contribution >= 4 is 21.6 Å². The first kappa shape index (κ1) is 11.8. The van der Waals surface area contributed by atoms with E-state index >= 15 is 0 Å². The van der Waals surface area contributed by atoms with Crippen LogP contribution in [-0.4, -0.2) is 9.91 Å². The van der Waals surface area contributed by atoms with Gasteiger partial charge < -0.3 is 4.98 Å². The molecule has 0 radical (unpaired) electrons. The van der Waals surface area contributed by atoms with Crippen LogP contribution in [0.5, 0.6) is 0 Å². The molecule has 5 nitrogen and oxygen atoms in total. The van der Waals surface area contributed by atoms with Crippen LogP contribution in [0.1, 0.15) is 17.6 Å². The summed E-state index contributed by atoms with van der Waals surface area (Å²) >= 11 is 2.84. The van der Waals surface area contributed by atoms with Crippen molar-refractivity contribution in [2.45, 2.75) is 11.8 Å². The van der Waals surface area contributed by atoms with Crippen LogP contribution in [0.3, 0.4) is 0 Å². The lowest BCUT2D eigenvalue weighted by molar-refractivity contribution is -0.387. The third kappa shape index (κ3) is 2.20. The van der Waals surface area contributed by atoms with E-state index in [2.05, 4.69) is 15.9 Å². The molecule has 1 N–H and O–H groups in total. The highest BCUT2D eigenvalue weighted by atomic mass is 79.9. The van der Waals surface area contributed by atoms with Gasteiger partial charge in [-0.3, -0.25) is 14.9 Å². The van der Waals surface area contributed by atoms with Gasteiger partial charge in [-0.25, -0.2) is 8.78 Å². The highest BCUT2D eigenvalue weighted by molar-refractivity contribution is 9.08. The molecular formula is C7H5BrF2N2O3. The third-order valence-corrected chi connectivity index (χ3v) is 2.30. The van der Waals surface area contributed by atoms with Gasteiger partial charge in [-0.05, 0) is 0 Å². The van der Waals surface area contributed by atoms with E-state index in [0.29, 0.717) is 6.20 Å². The largest absolute Gasteiger partial charge is 0.328 e. The number of nitrogens with zero attached hydrogens (tertiary/aromatic N) is 1. The van der Waals surface area contributed by atoms with Gasteiger partial charge >= 0.3 is 0 Å². The summed E-state index contributed by atoms with van der Waals surface area (Å²) in [6, 6.07) is 0. The molecule has 0 aliphatic heterocycles. The third-order valence-electron chi connectivity index (χ3n) is 1.74. The van der Waals surface area contributed by atoms with Crippen LogP contribution in [-0.2, 0) is 5.33 Å². The molecule has 0 bridgehead atoms. The molecule has 1 aromatic heterocycles. The minimum atomic E-state index is -3.00. The van der Waals surface area contributed by atoms with E-state index < -0.39 is 28.2 Å². The molecule has 1 rings (SSSR count). The van der Waals surface area contributed by atoms with Gasteiger partial charge in [-0.2, -0.15) is 0 Å². The number of alkyl halides is 3. The summed E-state index contributed by atoms with van der Waals surface area (Å²) in [7, 11) is 0. The van der Waals surface area contributed by atoms with Gasteiger partial charge in [0.25, 0.3) is 17.7 Å². The maximum Gasteiger partial charge on any atom is 0.289 e. The molecule has 15 heavy (non-hydrogen) atoms. The molecule has 0 fully saturated rings. The van der Waals surface area contributed by atoms with Crippen molar-refractivity contribution in [2.24, 2.45) is 0 Å². The van der Waals surface area contributed by atoms with E-state index in [4.69, 9.17) is 0 Å². The molecule has 82 valence electrons. The summed E-state index contributed by atoms with van der Waals surface area (Å²) in [6.07, 6.45) is -2.34. The number of rotatable bonds is 3. The Morgan fingerprint density at radius 1 is 1.60 bits per heavy atom. The molecule has 0 spiro atoms. The lowest BCUT2D eigenvalue weighted by Gasteiger charge is -2.03. The summed E-state index contributed by atoms with van der Waals surface area (Å²) in [4.78, 5) is 22.7. The van der Waals surface area contributed by atoms with E-state index in [1.54, 1.807) is 0 Å². The Morgan fingerprint density at radius 3 is 2.60 bits per heavy atom. The van der Waals surface area contributed by atoms with E-state index in [1.807, 2.05) is 4.98 Å². The first-order valence-corrected chi connectivity index (χ1v) is 4.84. The molecule has 1 heterocycles. The number of aromatic amines is 1. The Morgan fingerprint density at radius 2 is 2.20 bits per heavy atom. The molecular weight excluding hydrogens is 278 g/mol. The molecule has 0 amide bonds. The molecule has 0 atom stereocenters. The maximum absolute atomic E-state index is 12.4. The van der Waals surface area contributed by atoms with Crippen molar-refractivity contribution in [3.8, 4) is 0 Å². The first-order chi connectivity index (χ1) is 6.99. The second kappa shape index (κ2) is 4.47. The summed E-state index contributed by atoms with van der Waals surface area (Å²) in [6.45, 7) is 0. The molecule has 1 aromatic rings. The number of aromatic nitrogens is 1. The zero-order valence-corrected chi connectivity index (χ0v) is 8.75. The number of hydrogen-bond donors (Lipinski definition) is 1. The van der Waals surface area contributed by atoms with Gasteiger partial charge in [0.2, 0.25) is 0 Å². The lowest BCUT2D eigenvalue weighted by Crippen LogP contribution is -2.15. The zero-order valence-electron chi connectivity index (χ0n) is 7.17. The summed E-state index contributed by atoms with van der Waals surface area (Å²) in [5.41, 5.74) is -2.67.